The van der Waals surface area contributed by atoms with Crippen molar-refractivity contribution in [3.05, 3.63) is 77.0 Å². The van der Waals surface area contributed by atoms with Gasteiger partial charge in [0.2, 0.25) is 0 Å². The highest BCUT2D eigenvalue weighted by Crippen LogP contribution is 2.31. The zero-order chi connectivity index (χ0) is 30.4. The number of hydrogen-bond acceptors (Lipinski definition) is 6. The second-order valence-corrected chi connectivity index (χ2v) is 10.3. The van der Waals surface area contributed by atoms with Gasteiger partial charge in [0.1, 0.15) is 11.5 Å². The van der Waals surface area contributed by atoms with Crippen molar-refractivity contribution >= 4 is 11.9 Å². The van der Waals surface area contributed by atoms with Crippen molar-refractivity contribution < 1.29 is 37.0 Å². The van der Waals surface area contributed by atoms with Crippen LogP contribution in [0, 0.1) is 12.3 Å². The number of carbonyl (C=O) groups excluding carboxylic acids is 2. The van der Waals surface area contributed by atoms with Crippen LogP contribution < -0.4 is 9.47 Å². The van der Waals surface area contributed by atoms with Gasteiger partial charge >= 0.3 is 12.1 Å². The number of amides is 1. The van der Waals surface area contributed by atoms with Gasteiger partial charge < -0.3 is 19.1 Å². The van der Waals surface area contributed by atoms with E-state index in [1.807, 2.05) is 6.07 Å². The molecule has 3 rings (SSSR count). The molecular weight excluding hydrogens is 537 g/mol. The standard InChI is InChI=1S/C31H35F3N2O5/c1-7-40-29(38)30(3,4)14-15-41-26-17-23(16-25(18-26)39-6)28(37)36(5)19-22-10-13-27(35-20(22)2)21-8-11-24(12-9-21)31(32,33)34/h8-13,16-18H,7,14-15,19H2,1-6H3. The number of methoxy groups -OCH3 is 1. The van der Waals surface area contributed by atoms with Gasteiger partial charge in [0, 0.05) is 36.5 Å². The zero-order valence-corrected chi connectivity index (χ0v) is 24.1. The van der Waals surface area contributed by atoms with Crippen molar-refractivity contribution in [1.82, 2.24) is 9.88 Å². The molecule has 0 aliphatic rings. The van der Waals surface area contributed by atoms with Gasteiger partial charge in [-0.05, 0) is 70.0 Å². The molecule has 0 aliphatic carbocycles. The van der Waals surface area contributed by atoms with E-state index in [0.717, 1.165) is 17.7 Å². The van der Waals surface area contributed by atoms with E-state index >= 15 is 0 Å². The first kappa shape index (κ1) is 31.4. The van der Waals surface area contributed by atoms with Crippen molar-refractivity contribution in [1.29, 1.82) is 0 Å². The topological polar surface area (TPSA) is 78.0 Å². The fourth-order valence-corrected chi connectivity index (χ4v) is 4.04. The molecule has 0 saturated carbocycles. The number of nitrogens with zero attached hydrogens (tertiary/aromatic N) is 2. The molecule has 2 aromatic carbocycles. The van der Waals surface area contributed by atoms with E-state index < -0.39 is 17.2 Å². The minimum absolute atomic E-state index is 0.235. The summed E-state index contributed by atoms with van der Waals surface area (Å²) in [6, 6.07) is 13.3. The number of halogens is 3. The molecule has 41 heavy (non-hydrogen) atoms. The van der Waals surface area contributed by atoms with Crippen molar-refractivity contribution in [2.24, 2.45) is 5.41 Å². The number of carbonyl (C=O) groups is 2. The first-order chi connectivity index (χ1) is 19.2. The first-order valence-electron chi connectivity index (χ1n) is 13.1. The molecule has 0 bridgehead atoms. The Balaban J connectivity index is 1.70. The third kappa shape index (κ3) is 8.22. The SMILES string of the molecule is CCOC(=O)C(C)(C)CCOc1cc(OC)cc(C(=O)N(C)Cc2ccc(-c3ccc(C(F)(F)F)cc3)nc2C)c1. The number of ether oxygens (including phenoxy) is 3. The molecule has 1 aromatic heterocycles. The van der Waals surface area contributed by atoms with Crippen LogP contribution in [0.15, 0.2) is 54.6 Å². The Kier molecular flexibility index (Phi) is 10.0. The second-order valence-electron chi connectivity index (χ2n) is 10.3. The Morgan fingerprint density at radius 1 is 0.976 bits per heavy atom. The number of benzene rings is 2. The quantitative estimate of drug-likeness (QED) is 0.238. The average molecular weight is 573 g/mol. The predicted octanol–water partition coefficient (Wildman–Crippen LogP) is 6.71. The summed E-state index contributed by atoms with van der Waals surface area (Å²) in [4.78, 5) is 31.5. The first-order valence-corrected chi connectivity index (χ1v) is 13.1. The lowest BCUT2D eigenvalue weighted by Crippen LogP contribution is -2.28. The third-order valence-corrected chi connectivity index (χ3v) is 6.64. The van der Waals surface area contributed by atoms with Gasteiger partial charge in [0.05, 0.1) is 37.0 Å². The summed E-state index contributed by atoms with van der Waals surface area (Å²) in [5.41, 5.74) is 1.46. The molecular formula is C31H35F3N2O5. The molecule has 0 spiro atoms. The maximum atomic E-state index is 13.3. The van der Waals surface area contributed by atoms with E-state index in [2.05, 4.69) is 4.98 Å². The van der Waals surface area contributed by atoms with E-state index in [-0.39, 0.29) is 25.0 Å². The summed E-state index contributed by atoms with van der Waals surface area (Å²) in [5.74, 6) is 0.304. The highest BCUT2D eigenvalue weighted by atomic mass is 19.4. The summed E-state index contributed by atoms with van der Waals surface area (Å²) in [7, 11) is 3.15. The second kappa shape index (κ2) is 13.1. The minimum atomic E-state index is -4.40. The Hall–Kier alpha value is -4.08. The summed E-state index contributed by atoms with van der Waals surface area (Å²) >= 11 is 0. The van der Waals surface area contributed by atoms with E-state index in [0.29, 0.717) is 47.0 Å². The van der Waals surface area contributed by atoms with E-state index in [4.69, 9.17) is 14.2 Å². The summed E-state index contributed by atoms with van der Waals surface area (Å²) in [6.45, 7) is 7.91. The van der Waals surface area contributed by atoms with Crippen molar-refractivity contribution in [3.63, 3.8) is 0 Å². The molecule has 7 nitrogen and oxygen atoms in total. The molecule has 1 heterocycles. The molecule has 10 heteroatoms. The van der Waals surface area contributed by atoms with Crippen molar-refractivity contribution in [3.8, 4) is 22.8 Å². The van der Waals surface area contributed by atoms with Gasteiger partial charge in [-0.1, -0.05) is 18.2 Å². The normalized spacial score (nSPS) is 11.6. The Bertz CT molecular complexity index is 1370. The van der Waals surface area contributed by atoms with E-state index in [1.165, 1.54) is 24.1 Å². The predicted molar refractivity (Wildman–Crippen MR) is 149 cm³/mol. The van der Waals surface area contributed by atoms with E-state index in [1.54, 1.807) is 59.0 Å². The van der Waals surface area contributed by atoms with Gasteiger partial charge in [-0.15, -0.1) is 0 Å². The van der Waals surface area contributed by atoms with Crippen LogP contribution in [0.3, 0.4) is 0 Å². The summed E-state index contributed by atoms with van der Waals surface area (Å²) < 4.78 is 55.0. The number of hydrogen-bond donors (Lipinski definition) is 0. The van der Waals surface area contributed by atoms with E-state index in [9.17, 15) is 22.8 Å². The zero-order valence-electron chi connectivity index (χ0n) is 24.1. The van der Waals surface area contributed by atoms with Crippen LogP contribution in [0.1, 0.15) is 54.4 Å². The Morgan fingerprint density at radius 2 is 1.63 bits per heavy atom. The molecule has 3 aromatic rings. The largest absolute Gasteiger partial charge is 0.497 e. The molecule has 0 radical (unpaired) electrons. The van der Waals surface area contributed by atoms with Gasteiger partial charge in [-0.3, -0.25) is 14.6 Å². The van der Waals surface area contributed by atoms with Crippen LogP contribution in [0.5, 0.6) is 11.5 Å². The fourth-order valence-electron chi connectivity index (χ4n) is 4.04. The third-order valence-electron chi connectivity index (χ3n) is 6.64. The van der Waals surface area contributed by atoms with Crippen LogP contribution in [-0.4, -0.2) is 49.1 Å². The molecule has 1 amide bonds. The van der Waals surface area contributed by atoms with Gasteiger partial charge in [0.15, 0.2) is 0 Å². The highest BCUT2D eigenvalue weighted by Gasteiger charge is 2.30. The maximum absolute atomic E-state index is 13.3. The lowest BCUT2D eigenvalue weighted by atomic mass is 9.90. The van der Waals surface area contributed by atoms with Crippen molar-refractivity contribution in [2.75, 3.05) is 27.4 Å². The molecule has 0 aliphatic heterocycles. The molecule has 0 saturated heterocycles. The van der Waals surface area contributed by atoms with Crippen LogP contribution in [-0.2, 0) is 22.3 Å². The van der Waals surface area contributed by atoms with Crippen LogP contribution in [0.4, 0.5) is 13.2 Å². The summed E-state index contributed by atoms with van der Waals surface area (Å²) in [5, 5.41) is 0. The Morgan fingerprint density at radius 3 is 2.22 bits per heavy atom. The number of rotatable bonds is 11. The maximum Gasteiger partial charge on any atom is 0.416 e. The average Bonchev–Trinajstić information content (AvgIpc) is 2.93. The number of aromatic nitrogens is 1. The fraction of sp³-hybridized carbons (Fsp3) is 0.387. The highest BCUT2D eigenvalue weighted by molar-refractivity contribution is 5.95. The van der Waals surface area contributed by atoms with Crippen LogP contribution >= 0.6 is 0 Å². The monoisotopic (exact) mass is 572 g/mol. The van der Waals surface area contributed by atoms with Gasteiger partial charge in [-0.2, -0.15) is 13.2 Å². The smallest absolute Gasteiger partial charge is 0.416 e. The number of alkyl halides is 3. The molecule has 0 N–H and O–H groups in total. The van der Waals surface area contributed by atoms with Crippen LogP contribution in [0.2, 0.25) is 0 Å². The minimum Gasteiger partial charge on any atom is -0.497 e. The molecule has 0 fully saturated rings. The lowest BCUT2D eigenvalue weighted by molar-refractivity contribution is -0.154. The lowest BCUT2D eigenvalue weighted by Gasteiger charge is -2.22. The number of pyridine rings is 1. The van der Waals surface area contributed by atoms with Crippen molar-refractivity contribution in [2.45, 2.75) is 46.8 Å². The molecule has 220 valence electrons. The Labute approximate surface area is 238 Å². The van der Waals surface area contributed by atoms with Crippen LogP contribution in [0.25, 0.3) is 11.3 Å². The molecule has 0 atom stereocenters. The number of esters is 1. The van der Waals surface area contributed by atoms with Gasteiger partial charge in [0.25, 0.3) is 5.91 Å². The molecule has 0 unspecified atom stereocenters. The summed E-state index contributed by atoms with van der Waals surface area (Å²) in [6.07, 6.45) is -3.99. The van der Waals surface area contributed by atoms with Gasteiger partial charge in [-0.25, -0.2) is 0 Å². The number of aryl methyl sites for hydroxylation is 1.